The Kier molecular flexibility index (Phi) is 4.93. The van der Waals surface area contributed by atoms with Crippen LogP contribution in [0.3, 0.4) is 0 Å². The first kappa shape index (κ1) is 14.1. The predicted octanol–water partition coefficient (Wildman–Crippen LogP) is 1.90. The van der Waals surface area contributed by atoms with Crippen molar-refractivity contribution >= 4 is 37.3 Å². The van der Waals surface area contributed by atoms with Gasteiger partial charge in [0.15, 0.2) is 0 Å². The Balaban J connectivity index is 3.08. The number of hydrogen-bond donors (Lipinski definition) is 1. The number of halogens is 1. The Bertz CT molecular complexity index is 441. The summed E-state index contributed by atoms with van der Waals surface area (Å²) in [5, 5.41) is 8.89. The van der Waals surface area contributed by atoms with Crippen LogP contribution in [0, 0.1) is 0 Å². The minimum absolute atomic E-state index is 0.121. The van der Waals surface area contributed by atoms with Crippen molar-refractivity contribution in [2.24, 2.45) is 0 Å². The first-order valence-electron chi connectivity index (χ1n) is 4.77. The molecule has 0 amide bonds. The Morgan fingerprint density at radius 1 is 1.50 bits per heavy atom. The first-order chi connectivity index (χ1) is 7.39. The molecule has 0 bridgehead atoms. The second-order valence-corrected chi connectivity index (χ2v) is 8.07. The van der Waals surface area contributed by atoms with Gasteiger partial charge < -0.3 is 5.11 Å². The van der Waals surface area contributed by atoms with Crippen LogP contribution in [0.25, 0.3) is 0 Å². The highest BCUT2D eigenvalue weighted by Gasteiger charge is 2.27. The van der Waals surface area contributed by atoms with Crippen molar-refractivity contribution in [3.8, 4) is 0 Å². The quantitative estimate of drug-likeness (QED) is 0.898. The van der Waals surface area contributed by atoms with Crippen LogP contribution in [-0.4, -0.2) is 37.0 Å². The first-order valence-corrected chi connectivity index (χ1v) is 7.82. The van der Waals surface area contributed by atoms with Gasteiger partial charge in [-0.05, 0) is 41.9 Å². The highest BCUT2D eigenvalue weighted by atomic mass is 79.9. The fourth-order valence-corrected chi connectivity index (χ4v) is 5.07. The third kappa shape index (κ3) is 3.04. The molecule has 1 aromatic heterocycles. The fourth-order valence-electron chi connectivity index (χ4n) is 1.31. The Morgan fingerprint density at radius 3 is 2.50 bits per heavy atom. The van der Waals surface area contributed by atoms with Crippen LogP contribution in [0.5, 0.6) is 0 Å². The molecule has 1 rings (SSSR count). The van der Waals surface area contributed by atoms with Gasteiger partial charge in [0.1, 0.15) is 4.21 Å². The van der Waals surface area contributed by atoms with E-state index in [1.807, 2.05) is 0 Å². The lowest BCUT2D eigenvalue weighted by molar-refractivity contribution is 0.237. The molecule has 0 fully saturated rings. The molecule has 1 N–H and O–H groups in total. The van der Waals surface area contributed by atoms with Gasteiger partial charge in [-0.2, -0.15) is 4.31 Å². The van der Waals surface area contributed by atoms with E-state index in [9.17, 15) is 8.42 Å². The molecule has 4 nitrogen and oxygen atoms in total. The number of aliphatic hydroxyl groups excluding tert-OH is 1. The number of nitrogens with zero attached hydrogens (tertiary/aromatic N) is 1. The minimum atomic E-state index is -3.48. The predicted molar refractivity (Wildman–Crippen MR) is 68.1 cm³/mol. The van der Waals surface area contributed by atoms with Crippen LogP contribution < -0.4 is 0 Å². The van der Waals surface area contributed by atoms with Crippen molar-refractivity contribution in [2.45, 2.75) is 24.1 Å². The third-order valence-electron chi connectivity index (χ3n) is 2.01. The van der Waals surface area contributed by atoms with E-state index in [0.717, 1.165) is 3.79 Å². The molecule has 0 aromatic carbocycles. The molecule has 16 heavy (non-hydrogen) atoms. The lowest BCUT2D eigenvalue weighted by Crippen LogP contribution is -2.38. The summed E-state index contributed by atoms with van der Waals surface area (Å²) in [4.78, 5) is 0. The topological polar surface area (TPSA) is 57.6 Å². The van der Waals surface area contributed by atoms with Crippen LogP contribution in [0.15, 0.2) is 20.1 Å². The van der Waals surface area contributed by atoms with Gasteiger partial charge in [0, 0.05) is 12.6 Å². The summed E-state index contributed by atoms with van der Waals surface area (Å²) >= 11 is 4.41. The molecule has 0 atom stereocenters. The van der Waals surface area contributed by atoms with Crippen LogP contribution in [0.2, 0.25) is 0 Å². The maximum absolute atomic E-state index is 12.2. The van der Waals surface area contributed by atoms with Crippen LogP contribution in [-0.2, 0) is 10.0 Å². The summed E-state index contributed by atoms with van der Waals surface area (Å²) in [6.07, 6.45) is 0. The lowest BCUT2D eigenvalue weighted by atomic mass is 10.4. The van der Waals surface area contributed by atoms with E-state index < -0.39 is 10.0 Å². The zero-order valence-electron chi connectivity index (χ0n) is 9.05. The van der Waals surface area contributed by atoms with E-state index in [1.54, 1.807) is 26.0 Å². The summed E-state index contributed by atoms with van der Waals surface area (Å²) in [5.41, 5.74) is 0. The smallest absolute Gasteiger partial charge is 0.252 e. The Hall–Kier alpha value is 0.0500. The Morgan fingerprint density at radius 2 is 2.12 bits per heavy atom. The molecule has 92 valence electrons. The van der Waals surface area contributed by atoms with Crippen LogP contribution in [0.4, 0.5) is 0 Å². The monoisotopic (exact) mass is 327 g/mol. The van der Waals surface area contributed by atoms with Crippen LogP contribution in [0.1, 0.15) is 13.8 Å². The molecule has 7 heteroatoms. The van der Waals surface area contributed by atoms with E-state index in [2.05, 4.69) is 15.9 Å². The van der Waals surface area contributed by atoms with Gasteiger partial charge in [-0.3, -0.25) is 0 Å². The summed E-state index contributed by atoms with van der Waals surface area (Å²) in [6, 6.07) is 3.10. The highest BCUT2D eigenvalue weighted by molar-refractivity contribution is 9.11. The molecule has 0 aliphatic rings. The minimum Gasteiger partial charge on any atom is -0.395 e. The average Bonchev–Trinajstić information content (AvgIpc) is 2.61. The number of rotatable bonds is 5. The van der Waals surface area contributed by atoms with Gasteiger partial charge in [0.05, 0.1) is 10.4 Å². The standard InChI is InChI=1S/C9H14BrNO3S2/c1-7(2)11(5-6-12)16(13,14)9-4-3-8(10)15-9/h3-4,7,12H,5-6H2,1-2H3. The molecule has 0 saturated heterocycles. The van der Waals surface area contributed by atoms with Gasteiger partial charge in [-0.15, -0.1) is 11.3 Å². The normalized spacial score (nSPS) is 12.6. The SMILES string of the molecule is CC(C)N(CCO)S(=O)(=O)c1ccc(Br)s1. The number of aliphatic hydroxyl groups is 1. The van der Waals surface area contributed by atoms with Crippen molar-refractivity contribution in [3.63, 3.8) is 0 Å². The van der Waals surface area contributed by atoms with E-state index in [-0.39, 0.29) is 19.2 Å². The van der Waals surface area contributed by atoms with Crippen molar-refractivity contribution < 1.29 is 13.5 Å². The van der Waals surface area contributed by atoms with E-state index in [1.165, 1.54) is 15.6 Å². The largest absolute Gasteiger partial charge is 0.395 e. The number of hydrogen-bond acceptors (Lipinski definition) is 4. The summed E-state index contributed by atoms with van der Waals surface area (Å²) in [6.45, 7) is 3.52. The Labute approximate surface area is 108 Å². The van der Waals surface area contributed by atoms with Gasteiger partial charge >= 0.3 is 0 Å². The van der Waals surface area contributed by atoms with E-state index in [0.29, 0.717) is 4.21 Å². The van der Waals surface area contributed by atoms with Gasteiger partial charge in [-0.25, -0.2) is 8.42 Å². The average molecular weight is 328 g/mol. The molecule has 0 saturated carbocycles. The van der Waals surface area contributed by atoms with E-state index >= 15 is 0 Å². The van der Waals surface area contributed by atoms with Crippen molar-refractivity contribution in [2.75, 3.05) is 13.2 Å². The van der Waals surface area contributed by atoms with Gasteiger partial charge in [0.25, 0.3) is 10.0 Å². The molecular formula is C9H14BrNO3S2. The molecule has 0 aliphatic carbocycles. The second kappa shape index (κ2) is 5.59. The maximum Gasteiger partial charge on any atom is 0.252 e. The second-order valence-electron chi connectivity index (χ2n) is 3.49. The highest BCUT2D eigenvalue weighted by Crippen LogP contribution is 2.29. The summed E-state index contributed by atoms with van der Waals surface area (Å²) in [7, 11) is -3.48. The lowest BCUT2D eigenvalue weighted by Gasteiger charge is -2.24. The van der Waals surface area contributed by atoms with E-state index in [4.69, 9.17) is 5.11 Å². The number of thiophene rings is 1. The maximum atomic E-state index is 12.2. The molecule has 0 aliphatic heterocycles. The molecule has 0 radical (unpaired) electrons. The number of sulfonamides is 1. The van der Waals surface area contributed by atoms with Crippen molar-refractivity contribution in [1.29, 1.82) is 0 Å². The van der Waals surface area contributed by atoms with Gasteiger partial charge in [-0.1, -0.05) is 0 Å². The molecule has 1 aromatic rings. The van der Waals surface area contributed by atoms with Crippen molar-refractivity contribution in [3.05, 3.63) is 15.9 Å². The zero-order valence-corrected chi connectivity index (χ0v) is 12.3. The fraction of sp³-hybridized carbons (Fsp3) is 0.556. The van der Waals surface area contributed by atoms with Crippen molar-refractivity contribution in [1.82, 2.24) is 4.31 Å². The molecule has 1 heterocycles. The van der Waals surface area contributed by atoms with Gasteiger partial charge in [0.2, 0.25) is 0 Å². The molecule has 0 spiro atoms. The molecule has 0 unspecified atom stereocenters. The zero-order chi connectivity index (χ0) is 12.3. The molecular weight excluding hydrogens is 314 g/mol. The summed E-state index contributed by atoms with van der Waals surface area (Å²) < 4.78 is 26.7. The van der Waals surface area contributed by atoms with Crippen LogP contribution >= 0.6 is 27.3 Å². The third-order valence-corrected chi connectivity index (χ3v) is 6.17. The summed E-state index contributed by atoms with van der Waals surface area (Å²) in [5.74, 6) is 0.